The summed E-state index contributed by atoms with van der Waals surface area (Å²) in [5.41, 5.74) is 0.998. The Bertz CT molecular complexity index is 475. The summed E-state index contributed by atoms with van der Waals surface area (Å²) in [5.74, 6) is -0.892. The molecule has 0 bridgehead atoms. The van der Waals surface area contributed by atoms with Crippen molar-refractivity contribution in [1.29, 1.82) is 0 Å². The van der Waals surface area contributed by atoms with E-state index >= 15 is 0 Å². The molecule has 0 saturated heterocycles. The molecule has 18 heavy (non-hydrogen) atoms. The lowest BCUT2D eigenvalue weighted by molar-refractivity contribution is -0.136. The Hall–Kier alpha value is -1.55. The Morgan fingerprint density at radius 3 is 2.78 bits per heavy atom. The minimum atomic E-state index is -0.909. The summed E-state index contributed by atoms with van der Waals surface area (Å²) in [6.07, 6.45) is 0.734. The molecular weight excluding hydrogens is 254 g/mol. The molecule has 0 spiro atoms. The lowest BCUT2D eigenvalue weighted by Crippen LogP contribution is -2.27. The average Bonchev–Trinajstić information content (AvgIpc) is 3.09. The third-order valence-electron chi connectivity index (χ3n) is 3.07. The molecule has 0 radical (unpaired) electrons. The van der Waals surface area contributed by atoms with Gasteiger partial charge in [0, 0.05) is 17.5 Å². The predicted octanol–water partition coefficient (Wildman–Crippen LogP) is 2.03. The molecule has 5 heteroatoms. The Morgan fingerprint density at radius 1 is 1.39 bits per heavy atom. The number of carbonyl (C=O) groups excluding carboxylic acids is 1. The quantitative estimate of drug-likeness (QED) is 0.858. The van der Waals surface area contributed by atoms with Crippen LogP contribution in [-0.4, -0.2) is 23.5 Å². The number of hydrogen-bond acceptors (Lipinski definition) is 2. The maximum absolute atomic E-state index is 11.7. The van der Waals surface area contributed by atoms with E-state index in [4.69, 9.17) is 16.7 Å². The summed E-state index contributed by atoms with van der Waals surface area (Å²) in [4.78, 5) is 22.1. The predicted molar refractivity (Wildman–Crippen MR) is 67.6 cm³/mol. The number of carboxylic acids is 1. The minimum absolute atomic E-state index is 0.0464. The van der Waals surface area contributed by atoms with Crippen LogP contribution < -0.4 is 5.32 Å². The highest BCUT2D eigenvalue weighted by Gasteiger charge is 2.44. The number of carboxylic acid groups (broad SMARTS) is 1. The Labute approximate surface area is 110 Å². The van der Waals surface area contributed by atoms with Gasteiger partial charge in [-0.1, -0.05) is 29.8 Å². The van der Waals surface area contributed by atoms with Gasteiger partial charge in [-0.25, -0.2) is 0 Å². The first kappa shape index (κ1) is 12.9. The molecular formula is C13H14ClNO3. The van der Waals surface area contributed by atoms with E-state index < -0.39 is 5.97 Å². The van der Waals surface area contributed by atoms with E-state index in [1.165, 1.54) is 0 Å². The minimum Gasteiger partial charge on any atom is -0.481 e. The Balaban J connectivity index is 1.86. The van der Waals surface area contributed by atoms with E-state index in [1.54, 1.807) is 0 Å². The summed E-state index contributed by atoms with van der Waals surface area (Å²) in [6.45, 7) is 0.180. The van der Waals surface area contributed by atoms with Crippen LogP contribution in [0.2, 0.25) is 5.02 Å². The first-order valence-corrected chi connectivity index (χ1v) is 6.21. The van der Waals surface area contributed by atoms with Crippen LogP contribution in [0, 0.1) is 5.92 Å². The fourth-order valence-corrected chi connectivity index (χ4v) is 2.30. The van der Waals surface area contributed by atoms with Crippen LogP contribution in [0.15, 0.2) is 24.3 Å². The number of aliphatic carboxylic acids is 1. The molecule has 1 aromatic rings. The number of rotatable bonds is 5. The molecule has 96 valence electrons. The molecule has 0 aliphatic heterocycles. The van der Waals surface area contributed by atoms with Gasteiger partial charge in [0.25, 0.3) is 0 Å². The van der Waals surface area contributed by atoms with Crippen molar-refractivity contribution >= 4 is 23.5 Å². The number of nitrogens with one attached hydrogen (secondary N) is 1. The molecule has 1 saturated carbocycles. The lowest BCUT2D eigenvalue weighted by Gasteiger charge is -2.04. The fraction of sp³-hybridized carbons (Fsp3) is 0.385. The van der Waals surface area contributed by atoms with E-state index in [9.17, 15) is 9.59 Å². The first-order valence-electron chi connectivity index (χ1n) is 5.83. The summed E-state index contributed by atoms with van der Waals surface area (Å²) >= 11 is 6.07. The van der Waals surface area contributed by atoms with Crippen molar-refractivity contribution in [2.45, 2.75) is 18.8 Å². The average molecular weight is 268 g/mol. The molecule has 0 aromatic heterocycles. The van der Waals surface area contributed by atoms with Crippen molar-refractivity contribution in [3.05, 3.63) is 34.9 Å². The molecule has 1 aliphatic carbocycles. The van der Waals surface area contributed by atoms with E-state index in [1.807, 2.05) is 24.3 Å². The number of hydrogen-bond donors (Lipinski definition) is 2. The van der Waals surface area contributed by atoms with Crippen LogP contribution in [0.1, 0.15) is 24.3 Å². The maximum atomic E-state index is 11.7. The van der Waals surface area contributed by atoms with Gasteiger partial charge in [0.05, 0.1) is 6.42 Å². The van der Waals surface area contributed by atoms with Crippen molar-refractivity contribution in [3.63, 3.8) is 0 Å². The normalized spacial score (nSPS) is 21.4. The van der Waals surface area contributed by atoms with Gasteiger partial charge in [-0.2, -0.15) is 0 Å². The van der Waals surface area contributed by atoms with Gasteiger partial charge < -0.3 is 10.4 Å². The Morgan fingerprint density at radius 2 is 2.11 bits per heavy atom. The van der Waals surface area contributed by atoms with Crippen molar-refractivity contribution in [2.75, 3.05) is 6.54 Å². The zero-order valence-electron chi connectivity index (χ0n) is 9.73. The topological polar surface area (TPSA) is 66.4 Å². The van der Waals surface area contributed by atoms with Crippen LogP contribution in [-0.2, 0) is 9.59 Å². The second kappa shape index (κ2) is 5.40. The molecule has 1 fully saturated rings. The molecule has 0 unspecified atom stereocenters. The highest BCUT2D eigenvalue weighted by molar-refractivity contribution is 6.31. The summed E-state index contributed by atoms with van der Waals surface area (Å²) in [7, 11) is 0. The van der Waals surface area contributed by atoms with Crippen molar-refractivity contribution in [2.24, 2.45) is 5.92 Å². The van der Waals surface area contributed by atoms with Gasteiger partial charge in [-0.3, -0.25) is 9.59 Å². The SMILES string of the molecule is O=C(O)CCNC(=O)[C@@H]1C[C@@H]1c1ccccc1Cl. The molecule has 2 N–H and O–H groups in total. The third kappa shape index (κ3) is 3.01. The van der Waals surface area contributed by atoms with Gasteiger partial charge in [0.2, 0.25) is 5.91 Å². The van der Waals surface area contributed by atoms with Crippen LogP contribution in [0.5, 0.6) is 0 Å². The second-order valence-electron chi connectivity index (χ2n) is 4.40. The highest BCUT2D eigenvalue weighted by atomic mass is 35.5. The van der Waals surface area contributed by atoms with Crippen LogP contribution >= 0.6 is 11.6 Å². The van der Waals surface area contributed by atoms with Crippen LogP contribution in [0.25, 0.3) is 0 Å². The van der Waals surface area contributed by atoms with E-state index in [0.29, 0.717) is 5.02 Å². The fourth-order valence-electron chi connectivity index (χ4n) is 2.03. The van der Waals surface area contributed by atoms with Gasteiger partial charge in [0.1, 0.15) is 0 Å². The van der Waals surface area contributed by atoms with E-state index in [0.717, 1.165) is 12.0 Å². The second-order valence-corrected chi connectivity index (χ2v) is 4.81. The molecule has 2 rings (SSSR count). The molecule has 4 nitrogen and oxygen atoms in total. The standard InChI is InChI=1S/C13H14ClNO3/c14-11-4-2-1-3-8(11)9-7-10(9)13(18)15-6-5-12(16)17/h1-4,9-10H,5-7H2,(H,15,18)(H,16,17)/t9-,10-/m1/s1. The number of amides is 1. The third-order valence-corrected chi connectivity index (χ3v) is 3.41. The van der Waals surface area contributed by atoms with Gasteiger partial charge in [-0.15, -0.1) is 0 Å². The zero-order chi connectivity index (χ0) is 13.1. The molecule has 0 heterocycles. The molecule has 1 amide bonds. The van der Waals surface area contributed by atoms with Gasteiger partial charge >= 0.3 is 5.97 Å². The highest BCUT2D eigenvalue weighted by Crippen LogP contribution is 2.49. The van der Waals surface area contributed by atoms with E-state index in [-0.39, 0.29) is 30.7 Å². The number of carbonyl (C=O) groups is 2. The number of benzene rings is 1. The smallest absolute Gasteiger partial charge is 0.305 e. The summed E-state index contributed by atoms with van der Waals surface area (Å²) in [6, 6.07) is 7.50. The van der Waals surface area contributed by atoms with Crippen LogP contribution in [0.4, 0.5) is 0 Å². The van der Waals surface area contributed by atoms with Gasteiger partial charge in [0.15, 0.2) is 0 Å². The number of halogens is 1. The van der Waals surface area contributed by atoms with Crippen LogP contribution in [0.3, 0.4) is 0 Å². The zero-order valence-corrected chi connectivity index (χ0v) is 10.5. The maximum Gasteiger partial charge on any atom is 0.305 e. The summed E-state index contributed by atoms with van der Waals surface area (Å²) in [5, 5.41) is 11.8. The molecule has 2 atom stereocenters. The molecule has 1 aromatic carbocycles. The van der Waals surface area contributed by atoms with E-state index in [2.05, 4.69) is 5.32 Å². The van der Waals surface area contributed by atoms with Gasteiger partial charge in [-0.05, 0) is 24.0 Å². The summed E-state index contributed by atoms with van der Waals surface area (Å²) < 4.78 is 0. The molecule has 1 aliphatic rings. The lowest BCUT2D eigenvalue weighted by atomic mass is 10.1. The first-order chi connectivity index (χ1) is 8.59. The van der Waals surface area contributed by atoms with Crippen molar-refractivity contribution in [1.82, 2.24) is 5.32 Å². The Kier molecular flexibility index (Phi) is 3.87. The van der Waals surface area contributed by atoms with Crippen molar-refractivity contribution in [3.8, 4) is 0 Å². The monoisotopic (exact) mass is 267 g/mol. The van der Waals surface area contributed by atoms with Crippen molar-refractivity contribution < 1.29 is 14.7 Å². The largest absolute Gasteiger partial charge is 0.481 e.